The summed E-state index contributed by atoms with van der Waals surface area (Å²) >= 11 is 5.94. The molecule has 0 aromatic heterocycles. The molecule has 3 unspecified atom stereocenters. The van der Waals surface area contributed by atoms with Crippen molar-refractivity contribution < 1.29 is 18.5 Å². The third-order valence-electron chi connectivity index (χ3n) is 6.54. The van der Waals surface area contributed by atoms with Gasteiger partial charge >= 0.3 is 11.3 Å². The number of fused-ring (bicyclic) bond motifs is 1. The van der Waals surface area contributed by atoms with Crippen LogP contribution in [0.1, 0.15) is 31.7 Å². The summed E-state index contributed by atoms with van der Waals surface area (Å²) in [6.45, 7) is 4.72. The van der Waals surface area contributed by atoms with E-state index in [4.69, 9.17) is 16.3 Å². The number of likely N-dealkylation sites (N-methyl/N-ethyl adjacent to an activating group) is 1. The Hall–Kier alpha value is -2.42. The van der Waals surface area contributed by atoms with Crippen LogP contribution in [0, 0.1) is 0 Å². The van der Waals surface area contributed by atoms with Crippen LogP contribution >= 0.6 is 11.6 Å². The van der Waals surface area contributed by atoms with Crippen LogP contribution in [0.4, 0.5) is 15.3 Å². The van der Waals surface area contributed by atoms with E-state index in [1.54, 1.807) is 24.3 Å². The summed E-state index contributed by atoms with van der Waals surface area (Å²) in [5.41, 5.74) is 1.71. The van der Waals surface area contributed by atoms with Gasteiger partial charge in [0.1, 0.15) is 17.4 Å². The molecule has 34 heavy (non-hydrogen) atoms. The van der Waals surface area contributed by atoms with E-state index in [1.807, 2.05) is 24.3 Å². The van der Waals surface area contributed by atoms with Gasteiger partial charge in [-0.15, -0.1) is 0 Å². The number of likely N-dealkylation sites (tertiary alicyclic amines) is 1. The number of aryl methyl sites for hydroxylation is 1. The van der Waals surface area contributed by atoms with Crippen LogP contribution in [0.3, 0.4) is 0 Å². The van der Waals surface area contributed by atoms with Gasteiger partial charge in [0.25, 0.3) is 0 Å². The summed E-state index contributed by atoms with van der Waals surface area (Å²) in [4.78, 5) is 30.1. The second-order valence-electron chi connectivity index (χ2n) is 8.58. The van der Waals surface area contributed by atoms with Crippen LogP contribution in [0.5, 0.6) is 0 Å². The summed E-state index contributed by atoms with van der Waals surface area (Å²) < 4.78 is 18.6. The number of nitrogens with one attached hydrogen (secondary N) is 1. The predicted octanol–water partition coefficient (Wildman–Crippen LogP) is 4.60. The topological polar surface area (TPSA) is 79.0 Å². The normalized spacial score (nSPS) is 21.1. The van der Waals surface area contributed by atoms with E-state index in [1.165, 1.54) is 4.90 Å². The first kappa shape index (κ1) is 24.7. The van der Waals surface area contributed by atoms with E-state index in [0.717, 1.165) is 37.9 Å². The van der Waals surface area contributed by atoms with Gasteiger partial charge in [-0.1, -0.05) is 36.7 Å². The zero-order valence-electron chi connectivity index (χ0n) is 19.2. The fraction of sp³-hybridized carbons (Fsp3) is 0.440. The van der Waals surface area contributed by atoms with Gasteiger partial charge in [0.05, 0.1) is 6.04 Å². The number of alkyl carbamates (subject to hydrolysis) is 1. The molecule has 0 aliphatic carbocycles. The van der Waals surface area contributed by atoms with Crippen molar-refractivity contribution in [3.05, 3.63) is 59.1 Å². The van der Waals surface area contributed by atoms with E-state index in [0.29, 0.717) is 34.6 Å². The third kappa shape index (κ3) is 5.62. The lowest BCUT2D eigenvalue weighted by Gasteiger charge is -2.36. The molecule has 2 heterocycles. The van der Waals surface area contributed by atoms with Crippen molar-refractivity contribution in [3.63, 3.8) is 0 Å². The third-order valence-corrected chi connectivity index (χ3v) is 8.01. The maximum atomic E-state index is 13.4. The maximum absolute atomic E-state index is 13.4. The fourth-order valence-electron chi connectivity index (χ4n) is 4.73. The zero-order valence-corrected chi connectivity index (χ0v) is 20.8. The van der Waals surface area contributed by atoms with Gasteiger partial charge in [0.15, 0.2) is 0 Å². The number of nitrogens with zero attached hydrogens (tertiary/aromatic N) is 2. The number of para-hydroxylation sites is 1. The van der Waals surface area contributed by atoms with Gasteiger partial charge in [-0.3, -0.25) is 14.6 Å². The molecular formula is C25H30ClN3O4S. The lowest BCUT2D eigenvalue weighted by molar-refractivity contribution is 0.133. The SMILES string of the molecule is CCN1CCCC1CNC(=O)OCC1CCc2ccccc2N1C(=O)S(=O)c1ccc(Cl)cc1. The molecule has 182 valence electrons. The van der Waals surface area contributed by atoms with Gasteiger partial charge in [-0.25, -0.2) is 9.00 Å². The van der Waals surface area contributed by atoms with Crippen LogP contribution in [0.15, 0.2) is 53.4 Å². The summed E-state index contributed by atoms with van der Waals surface area (Å²) in [6, 6.07) is 13.9. The Balaban J connectivity index is 1.44. The Bertz CT molecular complexity index is 1050. The Kier molecular flexibility index (Phi) is 8.24. The molecule has 3 atom stereocenters. The van der Waals surface area contributed by atoms with Crippen molar-refractivity contribution in [2.24, 2.45) is 0 Å². The first-order valence-electron chi connectivity index (χ1n) is 11.7. The highest BCUT2D eigenvalue weighted by Crippen LogP contribution is 2.32. The van der Waals surface area contributed by atoms with Crippen LogP contribution in [0.25, 0.3) is 0 Å². The highest BCUT2D eigenvalue weighted by atomic mass is 35.5. The molecule has 2 aromatic carbocycles. The van der Waals surface area contributed by atoms with Crippen LogP contribution in [-0.4, -0.2) is 58.8 Å². The first-order chi connectivity index (χ1) is 16.5. The van der Waals surface area contributed by atoms with Crippen LogP contribution in [-0.2, 0) is 22.0 Å². The molecule has 0 radical (unpaired) electrons. The van der Waals surface area contributed by atoms with Gasteiger partial charge in [0.2, 0.25) is 0 Å². The Labute approximate surface area is 207 Å². The molecule has 0 bridgehead atoms. The standard InChI is InChI=1S/C25H30ClN3O4S/c1-2-28-15-5-7-20(28)16-27-24(30)33-17-21-12-9-18-6-3-4-8-23(18)29(21)25(31)34(32)22-13-10-19(26)11-14-22/h3-4,6,8,10-11,13-14,20-21H,2,5,7,9,12,15-17H2,1H3,(H,27,30). The molecule has 7 nitrogen and oxygen atoms in total. The van der Waals surface area contributed by atoms with Gasteiger partial charge in [-0.2, -0.15) is 0 Å². The molecule has 9 heteroatoms. The smallest absolute Gasteiger partial charge is 0.407 e. The van der Waals surface area contributed by atoms with Gasteiger partial charge in [0, 0.05) is 28.2 Å². The van der Waals surface area contributed by atoms with Crippen molar-refractivity contribution in [1.82, 2.24) is 10.2 Å². The highest BCUT2D eigenvalue weighted by Gasteiger charge is 2.35. The van der Waals surface area contributed by atoms with Gasteiger partial charge < -0.3 is 10.1 Å². The minimum absolute atomic E-state index is 0.0336. The number of carbonyl (C=O) groups excluding carboxylic acids is 2. The summed E-state index contributed by atoms with van der Waals surface area (Å²) in [7, 11) is -1.92. The van der Waals surface area contributed by atoms with Crippen molar-refractivity contribution in [2.75, 3.05) is 31.1 Å². The number of carbonyl (C=O) groups is 2. The number of anilines is 1. The van der Waals surface area contributed by atoms with E-state index in [9.17, 15) is 13.8 Å². The zero-order chi connectivity index (χ0) is 24.1. The average molecular weight is 504 g/mol. The monoisotopic (exact) mass is 503 g/mol. The van der Waals surface area contributed by atoms with Crippen molar-refractivity contribution in [3.8, 4) is 0 Å². The number of amides is 2. The minimum Gasteiger partial charge on any atom is -0.447 e. The van der Waals surface area contributed by atoms with E-state index >= 15 is 0 Å². The van der Waals surface area contributed by atoms with Crippen molar-refractivity contribution in [1.29, 1.82) is 0 Å². The van der Waals surface area contributed by atoms with E-state index < -0.39 is 28.2 Å². The fourth-order valence-corrected chi connectivity index (χ4v) is 5.86. The van der Waals surface area contributed by atoms with Crippen molar-refractivity contribution >= 4 is 39.4 Å². The highest BCUT2D eigenvalue weighted by molar-refractivity contribution is 8.00. The Morgan fingerprint density at radius 1 is 1.12 bits per heavy atom. The molecule has 2 aromatic rings. The second kappa shape index (κ2) is 11.3. The van der Waals surface area contributed by atoms with Gasteiger partial charge in [-0.05, 0) is 74.7 Å². The molecule has 4 rings (SSSR count). The molecule has 0 saturated carbocycles. The average Bonchev–Trinajstić information content (AvgIpc) is 3.33. The Morgan fingerprint density at radius 2 is 1.88 bits per heavy atom. The first-order valence-corrected chi connectivity index (χ1v) is 13.2. The van der Waals surface area contributed by atoms with E-state index in [-0.39, 0.29) is 6.61 Å². The lowest BCUT2D eigenvalue weighted by Crippen LogP contribution is -2.48. The number of ether oxygens (including phenoxy) is 1. The quantitative estimate of drug-likeness (QED) is 0.623. The van der Waals surface area contributed by atoms with Crippen LogP contribution < -0.4 is 10.2 Å². The molecule has 2 aliphatic heterocycles. The maximum Gasteiger partial charge on any atom is 0.407 e. The lowest BCUT2D eigenvalue weighted by atomic mass is 9.97. The molecule has 1 fully saturated rings. The summed E-state index contributed by atoms with van der Waals surface area (Å²) in [6.07, 6.45) is 3.06. The Morgan fingerprint density at radius 3 is 2.65 bits per heavy atom. The van der Waals surface area contributed by atoms with Crippen LogP contribution in [0.2, 0.25) is 5.02 Å². The second-order valence-corrected chi connectivity index (χ2v) is 10.4. The molecular weight excluding hydrogens is 474 g/mol. The molecule has 1 N–H and O–H groups in total. The molecule has 2 amide bonds. The van der Waals surface area contributed by atoms with E-state index in [2.05, 4.69) is 17.1 Å². The molecule has 2 aliphatic rings. The number of benzene rings is 2. The summed E-state index contributed by atoms with van der Waals surface area (Å²) in [5.74, 6) is 0. The van der Waals surface area contributed by atoms with Crippen molar-refractivity contribution in [2.45, 2.75) is 49.6 Å². The predicted molar refractivity (Wildman–Crippen MR) is 134 cm³/mol. The summed E-state index contributed by atoms with van der Waals surface area (Å²) in [5, 5.41) is 2.84. The number of hydrogen-bond donors (Lipinski definition) is 1. The number of halogens is 1. The number of hydrogen-bond acceptors (Lipinski definition) is 5. The largest absolute Gasteiger partial charge is 0.447 e. The molecule has 1 saturated heterocycles. The minimum atomic E-state index is -1.92. The number of rotatable bonds is 6. The molecule has 0 spiro atoms.